The number of hydrogen-bond donors (Lipinski definition) is 0. The van der Waals surface area contributed by atoms with E-state index >= 15 is 0 Å². The molecule has 0 aromatic heterocycles. The molecular formula is C75H120O6. The Morgan fingerprint density at radius 1 is 0.259 bits per heavy atom. The summed E-state index contributed by atoms with van der Waals surface area (Å²) in [5.41, 5.74) is 0. The van der Waals surface area contributed by atoms with Gasteiger partial charge in [-0.1, -0.05) is 281 Å². The lowest BCUT2D eigenvalue weighted by atomic mass is 10.0. The van der Waals surface area contributed by atoms with Gasteiger partial charge >= 0.3 is 17.9 Å². The second kappa shape index (κ2) is 67.5. The van der Waals surface area contributed by atoms with E-state index in [1.54, 1.807) is 0 Å². The minimum atomic E-state index is -0.840. The van der Waals surface area contributed by atoms with Gasteiger partial charge in [-0.05, 0) is 135 Å². The van der Waals surface area contributed by atoms with Crippen molar-refractivity contribution in [1.82, 2.24) is 0 Å². The van der Waals surface area contributed by atoms with E-state index in [1.165, 1.54) is 116 Å². The van der Waals surface area contributed by atoms with E-state index in [1.807, 2.05) is 0 Å². The van der Waals surface area contributed by atoms with Crippen molar-refractivity contribution in [2.45, 2.75) is 284 Å². The standard InChI is InChI=1S/C75H120O6/c1-4-7-10-13-16-19-22-25-28-31-32-33-34-35-36-37-38-39-40-41-42-45-47-50-53-56-59-62-65-68-74(77)80-71-72(81-75(78)69-66-63-60-57-54-51-48-44-30-27-24-21-18-15-12-9-6-3)70-79-73(76)67-64-61-58-55-52-49-46-43-29-26-23-20-17-14-11-8-5-2/h8-9,11-12,17-18,20-22,25-27,29-32,34-35,46,48-49,51,55,57-58,60,72H,4-7,10,13-16,19,23-24,28,33,36-45,47,50,52-54,56,59,61-71H2,1-3H3/b11-8-,12-9-,20-17-,21-18-,25-22-,29-26-,30-27-,32-31-,35-34-,49-46-,51-48-,58-55-,60-57-. The van der Waals surface area contributed by atoms with Gasteiger partial charge in [-0.2, -0.15) is 0 Å². The maximum atomic E-state index is 12.9. The summed E-state index contributed by atoms with van der Waals surface area (Å²) in [6, 6.07) is 0. The number of unbranched alkanes of at least 4 members (excludes halogenated alkanes) is 21. The lowest BCUT2D eigenvalue weighted by Crippen LogP contribution is -2.30. The number of ether oxygens (including phenoxy) is 3. The molecule has 0 N–H and O–H groups in total. The normalized spacial score (nSPS) is 13.2. The van der Waals surface area contributed by atoms with Crippen LogP contribution in [0.4, 0.5) is 0 Å². The van der Waals surface area contributed by atoms with Crippen LogP contribution in [-0.2, 0) is 28.6 Å². The van der Waals surface area contributed by atoms with Crippen LogP contribution in [-0.4, -0.2) is 37.2 Å². The Kier molecular flexibility index (Phi) is 63.4. The van der Waals surface area contributed by atoms with E-state index in [0.29, 0.717) is 19.3 Å². The molecule has 0 amide bonds. The Hall–Kier alpha value is -4.97. The highest BCUT2D eigenvalue weighted by atomic mass is 16.6. The monoisotopic (exact) mass is 1120 g/mol. The maximum Gasteiger partial charge on any atom is 0.306 e. The van der Waals surface area contributed by atoms with Crippen LogP contribution in [0, 0.1) is 0 Å². The highest BCUT2D eigenvalue weighted by molar-refractivity contribution is 5.71. The average molecular weight is 1120 g/mol. The number of hydrogen-bond acceptors (Lipinski definition) is 6. The molecular weight excluding hydrogens is 997 g/mol. The molecule has 1 atom stereocenters. The summed E-state index contributed by atoms with van der Waals surface area (Å²) in [4.78, 5) is 38.3. The summed E-state index contributed by atoms with van der Waals surface area (Å²) in [5, 5.41) is 0. The van der Waals surface area contributed by atoms with Crippen LogP contribution in [0.15, 0.2) is 158 Å². The molecule has 0 radical (unpaired) electrons. The predicted octanol–water partition coefficient (Wildman–Crippen LogP) is 22.9. The van der Waals surface area contributed by atoms with Crippen molar-refractivity contribution in [3.8, 4) is 0 Å². The van der Waals surface area contributed by atoms with Crippen LogP contribution in [0.2, 0.25) is 0 Å². The smallest absolute Gasteiger partial charge is 0.306 e. The first kappa shape index (κ1) is 76.0. The fraction of sp³-hybridized carbons (Fsp3) is 0.613. The highest BCUT2D eigenvalue weighted by Crippen LogP contribution is 2.15. The minimum Gasteiger partial charge on any atom is -0.462 e. The number of rotatable bonds is 58. The van der Waals surface area contributed by atoms with E-state index in [0.717, 1.165) is 109 Å². The first-order valence-electron chi connectivity index (χ1n) is 33.0. The van der Waals surface area contributed by atoms with Gasteiger partial charge < -0.3 is 14.2 Å². The van der Waals surface area contributed by atoms with Gasteiger partial charge in [-0.3, -0.25) is 14.4 Å². The number of allylic oxidation sites excluding steroid dienone is 26. The zero-order valence-electron chi connectivity index (χ0n) is 52.2. The minimum absolute atomic E-state index is 0.124. The van der Waals surface area contributed by atoms with Gasteiger partial charge in [0.15, 0.2) is 6.10 Å². The van der Waals surface area contributed by atoms with Gasteiger partial charge in [0.2, 0.25) is 0 Å². The Morgan fingerprint density at radius 3 is 0.802 bits per heavy atom. The van der Waals surface area contributed by atoms with E-state index in [2.05, 4.69) is 179 Å². The molecule has 0 bridgehead atoms. The molecule has 0 spiro atoms. The molecule has 0 aromatic rings. The third-order valence-corrected chi connectivity index (χ3v) is 13.5. The van der Waals surface area contributed by atoms with Crippen molar-refractivity contribution >= 4 is 17.9 Å². The van der Waals surface area contributed by atoms with Crippen LogP contribution in [0.3, 0.4) is 0 Å². The summed E-state index contributed by atoms with van der Waals surface area (Å²) in [6.45, 7) is 6.31. The molecule has 0 saturated carbocycles. The molecule has 6 heteroatoms. The largest absolute Gasteiger partial charge is 0.462 e. The van der Waals surface area contributed by atoms with E-state index < -0.39 is 6.10 Å². The topological polar surface area (TPSA) is 78.9 Å². The fourth-order valence-corrected chi connectivity index (χ4v) is 8.64. The Labute approximate surface area is 499 Å². The predicted molar refractivity (Wildman–Crippen MR) is 352 cm³/mol. The van der Waals surface area contributed by atoms with Crippen LogP contribution in [0.5, 0.6) is 0 Å². The summed E-state index contributed by atoms with van der Waals surface area (Å²) in [5.74, 6) is -1.05. The summed E-state index contributed by atoms with van der Waals surface area (Å²) >= 11 is 0. The second-order valence-corrected chi connectivity index (χ2v) is 21.3. The zero-order valence-corrected chi connectivity index (χ0v) is 52.2. The zero-order chi connectivity index (χ0) is 58.5. The molecule has 0 aliphatic rings. The molecule has 456 valence electrons. The molecule has 0 aromatic carbocycles. The van der Waals surface area contributed by atoms with E-state index in [9.17, 15) is 14.4 Å². The molecule has 1 unspecified atom stereocenters. The van der Waals surface area contributed by atoms with Crippen LogP contribution in [0.25, 0.3) is 0 Å². The third kappa shape index (κ3) is 65.7. The Bertz CT molecular complexity index is 1810. The lowest BCUT2D eigenvalue weighted by Gasteiger charge is -2.18. The fourth-order valence-electron chi connectivity index (χ4n) is 8.64. The first-order chi connectivity index (χ1) is 40.0. The Morgan fingerprint density at radius 2 is 0.494 bits per heavy atom. The Balaban J connectivity index is 4.42. The molecule has 0 rings (SSSR count). The van der Waals surface area contributed by atoms with Gasteiger partial charge in [0.05, 0.1) is 0 Å². The van der Waals surface area contributed by atoms with Crippen LogP contribution >= 0.6 is 0 Å². The van der Waals surface area contributed by atoms with Crippen molar-refractivity contribution in [2.75, 3.05) is 13.2 Å². The maximum absolute atomic E-state index is 12.9. The van der Waals surface area contributed by atoms with Crippen molar-refractivity contribution < 1.29 is 28.6 Å². The molecule has 0 aliphatic heterocycles. The molecule has 0 heterocycles. The van der Waals surface area contributed by atoms with Crippen molar-refractivity contribution in [2.24, 2.45) is 0 Å². The molecule has 6 nitrogen and oxygen atoms in total. The highest BCUT2D eigenvalue weighted by Gasteiger charge is 2.19. The van der Waals surface area contributed by atoms with Crippen molar-refractivity contribution in [1.29, 1.82) is 0 Å². The van der Waals surface area contributed by atoms with Crippen LogP contribution in [0.1, 0.15) is 278 Å². The quantitative estimate of drug-likeness (QED) is 0.0261. The average Bonchev–Trinajstić information content (AvgIpc) is 3.47. The summed E-state index contributed by atoms with van der Waals surface area (Å²) in [6.07, 6.45) is 98.4. The summed E-state index contributed by atoms with van der Waals surface area (Å²) < 4.78 is 16.8. The van der Waals surface area contributed by atoms with Gasteiger partial charge in [0, 0.05) is 19.3 Å². The van der Waals surface area contributed by atoms with Gasteiger partial charge in [-0.15, -0.1) is 0 Å². The second-order valence-electron chi connectivity index (χ2n) is 21.3. The van der Waals surface area contributed by atoms with Gasteiger partial charge in [0.1, 0.15) is 13.2 Å². The molecule has 81 heavy (non-hydrogen) atoms. The van der Waals surface area contributed by atoms with Crippen LogP contribution < -0.4 is 0 Å². The first-order valence-corrected chi connectivity index (χ1v) is 33.0. The van der Waals surface area contributed by atoms with Crippen molar-refractivity contribution in [3.63, 3.8) is 0 Å². The lowest BCUT2D eigenvalue weighted by molar-refractivity contribution is -0.167. The number of esters is 3. The van der Waals surface area contributed by atoms with Gasteiger partial charge in [-0.25, -0.2) is 0 Å². The molecule has 0 saturated heterocycles. The summed E-state index contributed by atoms with van der Waals surface area (Å²) in [7, 11) is 0. The number of carbonyl (C=O) groups excluding carboxylic acids is 3. The van der Waals surface area contributed by atoms with E-state index in [4.69, 9.17) is 14.2 Å². The van der Waals surface area contributed by atoms with Crippen molar-refractivity contribution in [3.05, 3.63) is 158 Å². The van der Waals surface area contributed by atoms with Gasteiger partial charge in [0.25, 0.3) is 0 Å². The molecule has 0 aliphatic carbocycles. The van der Waals surface area contributed by atoms with E-state index in [-0.39, 0.29) is 44.0 Å². The third-order valence-electron chi connectivity index (χ3n) is 13.5. The number of carbonyl (C=O) groups is 3. The molecule has 0 fully saturated rings. The SMILES string of the molecule is CC/C=C\C/C=C\C/C=C\C/C=C\C/C=C\CCCC(=O)OCC(COC(=O)CCCCCCCCCCCCCCCC/C=C\C/C=C\C/C=C\CCCCCCC)OC(=O)CCC/C=C\C/C=C\C/C=C\C/C=C\C/C=C\CC.